The fraction of sp³-hybridized carbons (Fsp3) is 0.385. The van der Waals surface area contributed by atoms with E-state index >= 15 is 0 Å². The molecule has 0 amide bonds. The molecule has 0 aromatic rings. The van der Waals surface area contributed by atoms with Gasteiger partial charge in [0.15, 0.2) is 0 Å². The summed E-state index contributed by atoms with van der Waals surface area (Å²) >= 11 is 0. The molecule has 0 aliphatic carbocycles. The van der Waals surface area contributed by atoms with E-state index in [2.05, 4.69) is 30.3 Å². The van der Waals surface area contributed by atoms with Crippen LogP contribution in [0.15, 0.2) is 24.8 Å². The minimum absolute atomic E-state index is 0.385. The summed E-state index contributed by atoms with van der Waals surface area (Å²) in [5.74, 6) is 10.3. The van der Waals surface area contributed by atoms with Crippen LogP contribution in [-0.4, -0.2) is 33.6 Å². The fourth-order valence-electron chi connectivity index (χ4n) is 0.721. The van der Waals surface area contributed by atoms with Crippen LogP contribution < -0.4 is 0 Å². The molecule has 0 bridgehead atoms. The molecule has 0 unspecified atom stereocenters. The predicted octanol–water partition coefficient (Wildman–Crippen LogP) is 0.228. The van der Waals surface area contributed by atoms with Crippen molar-refractivity contribution in [1.82, 2.24) is 0 Å². The second kappa shape index (κ2) is 8.76. The molecule has 0 saturated carbocycles. The summed E-state index contributed by atoms with van der Waals surface area (Å²) in [6.07, 6.45) is 1.96. The van der Waals surface area contributed by atoms with E-state index in [0.717, 1.165) is 0 Å². The lowest BCUT2D eigenvalue weighted by molar-refractivity contribution is 0.0811. The van der Waals surface area contributed by atoms with Gasteiger partial charge >= 0.3 is 0 Å². The highest BCUT2D eigenvalue weighted by atomic mass is 16.3. The van der Waals surface area contributed by atoms with Crippen molar-refractivity contribution in [2.75, 3.05) is 0 Å². The summed E-state index contributed by atoms with van der Waals surface area (Å²) in [6, 6.07) is 0. The van der Waals surface area contributed by atoms with Crippen LogP contribution in [0.5, 0.6) is 0 Å². The molecule has 0 heterocycles. The minimum atomic E-state index is -1.00. The second-order valence-electron chi connectivity index (χ2n) is 3.20. The summed E-state index contributed by atoms with van der Waals surface area (Å²) in [5, 5.41) is 27.2. The van der Waals surface area contributed by atoms with Crippen molar-refractivity contribution < 1.29 is 15.3 Å². The summed E-state index contributed by atoms with van der Waals surface area (Å²) in [6.45, 7) is 4.99. The number of hydrogen-bond donors (Lipinski definition) is 3. The topological polar surface area (TPSA) is 60.7 Å². The zero-order chi connectivity index (χ0) is 12.4. The molecule has 3 N–H and O–H groups in total. The average Bonchev–Trinajstić information content (AvgIpc) is 2.25. The smallest absolute Gasteiger partial charge is 0.102 e. The molecular weight excluding hydrogens is 204 g/mol. The Kier molecular flexibility index (Phi) is 7.93. The van der Waals surface area contributed by atoms with Crippen molar-refractivity contribution in [3.05, 3.63) is 24.8 Å². The SMILES string of the molecule is C=C[C@H](O)[C@@H](O)C=CC#CC#CC[C@H](C)O. The molecule has 0 aliphatic heterocycles. The van der Waals surface area contributed by atoms with E-state index in [1.807, 2.05) is 0 Å². The van der Waals surface area contributed by atoms with Crippen molar-refractivity contribution in [3.63, 3.8) is 0 Å². The van der Waals surface area contributed by atoms with Gasteiger partial charge in [0.05, 0.1) is 6.10 Å². The number of hydrogen-bond acceptors (Lipinski definition) is 3. The molecular formula is C13H16O3. The monoisotopic (exact) mass is 220 g/mol. The van der Waals surface area contributed by atoms with E-state index in [9.17, 15) is 5.11 Å². The molecule has 0 fully saturated rings. The molecule has 0 saturated heterocycles. The first-order valence-electron chi connectivity index (χ1n) is 4.89. The average molecular weight is 220 g/mol. The predicted molar refractivity (Wildman–Crippen MR) is 63.2 cm³/mol. The standard InChI is InChI=1S/C13H16O3/c1-3-12(15)13(16)10-8-6-4-5-7-9-11(2)14/h3,8,10-16H,1,9H2,2H3/t11-,12-,13-/m0/s1. The number of aliphatic hydroxyl groups excluding tert-OH is 3. The van der Waals surface area contributed by atoms with Gasteiger partial charge in [0, 0.05) is 6.42 Å². The third kappa shape index (κ3) is 7.84. The van der Waals surface area contributed by atoms with Crippen molar-refractivity contribution in [1.29, 1.82) is 0 Å². The lowest BCUT2D eigenvalue weighted by Crippen LogP contribution is -2.20. The first-order valence-corrected chi connectivity index (χ1v) is 4.89. The molecule has 0 aromatic heterocycles. The molecule has 0 spiro atoms. The molecule has 3 atom stereocenters. The molecule has 0 aliphatic rings. The van der Waals surface area contributed by atoms with E-state index in [-0.39, 0.29) is 0 Å². The largest absolute Gasteiger partial charge is 0.392 e. The maximum absolute atomic E-state index is 9.25. The quantitative estimate of drug-likeness (QED) is 0.469. The van der Waals surface area contributed by atoms with E-state index in [1.54, 1.807) is 6.92 Å². The van der Waals surface area contributed by atoms with Crippen LogP contribution in [0.25, 0.3) is 0 Å². The zero-order valence-corrected chi connectivity index (χ0v) is 9.22. The van der Waals surface area contributed by atoms with Crippen LogP contribution in [0, 0.1) is 23.7 Å². The van der Waals surface area contributed by atoms with Crippen molar-refractivity contribution in [2.24, 2.45) is 0 Å². The van der Waals surface area contributed by atoms with Crippen LogP contribution in [-0.2, 0) is 0 Å². The normalized spacial score (nSPS) is 15.2. The van der Waals surface area contributed by atoms with Crippen molar-refractivity contribution in [3.8, 4) is 23.7 Å². The van der Waals surface area contributed by atoms with E-state index < -0.39 is 18.3 Å². The Bertz CT molecular complexity index is 347. The number of aliphatic hydroxyl groups is 3. The first-order chi connectivity index (χ1) is 7.57. The van der Waals surface area contributed by atoms with Gasteiger partial charge in [-0.3, -0.25) is 0 Å². The van der Waals surface area contributed by atoms with Crippen LogP contribution in [0.3, 0.4) is 0 Å². The van der Waals surface area contributed by atoms with E-state index in [4.69, 9.17) is 10.2 Å². The Balaban J connectivity index is 4.03. The van der Waals surface area contributed by atoms with Gasteiger partial charge in [0.1, 0.15) is 12.2 Å². The Morgan fingerprint density at radius 1 is 1.19 bits per heavy atom. The lowest BCUT2D eigenvalue weighted by Gasteiger charge is -2.07. The number of allylic oxidation sites excluding steroid dienone is 1. The molecule has 3 heteroatoms. The van der Waals surface area contributed by atoms with Crippen LogP contribution in [0.1, 0.15) is 13.3 Å². The lowest BCUT2D eigenvalue weighted by atomic mass is 10.2. The Morgan fingerprint density at radius 2 is 1.88 bits per heavy atom. The maximum Gasteiger partial charge on any atom is 0.102 e. The van der Waals surface area contributed by atoms with Gasteiger partial charge in [-0.2, -0.15) is 0 Å². The Labute approximate surface area is 96.1 Å². The van der Waals surface area contributed by atoms with E-state index in [0.29, 0.717) is 6.42 Å². The summed E-state index contributed by atoms with van der Waals surface area (Å²) < 4.78 is 0. The van der Waals surface area contributed by atoms with Crippen molar-refractivity contribution in [2.45, 2.75) is 31.7 Å². The second-order valence-corrected chi connectivity index (χ2v) is 3.20. The Hall–Kier alpha value is -1.52. The molecule has 3 nitrogen and oxygen atoms in total. The highest BCUT2D eigenvalue weighted by molar-refractivity contribution is 5.31. The van der Waals surface area contributed by atoms with Gasteiger partial charge in [-0.05, 0) is 30.9 Å². The highest BCUT2D eigenvalue weighted by Crippen LogP contribution is 1.95. The first kappa shape index (κ1) is 14.5. The van der Waals surface area contributed by atoms with Gasteiger partial charge in [0.25, 0.3) is 0 Å². The van der Waals surface area contributed by atoms with Gasteiger partial charge in [-0.1, -0.05) is 17.9 Å². The number of rotatable bonds is 4. The van der Waals surface area contributed by atoms with Gasteiger partial charge in [0.2, 0.25) is 0 Å². The van der Waals surface area contributed by atoms with Crippen LogP contribution >= 0.6 is 0 Å². The third-order valence-electron chi connectivity index (χ3n) is 1.59. The van der Waals surface area contributed by atoms with Gasteiger partial charge in [-0.25, -0.2) is 0 Å². The summed E-state index contributed by atoms with van der Waals surface area (Å²) in [4.78, 5) is 0. The zero-order valence-electron chi connectivity index (χ0n) is 9.22. The molecule has 0 radical (unpaired) electrons. The molecule has 86 valence electrons. The van der Waals surface area contributed by atoms with Gasteiger partial charge in [-0.15, -0.1) is 6.58 Å². The fourth-order valence-corrected chi connectivity index (χ4v) is 0.721. The molecule has 0 aromatic carbocycles. The summed E-state index contributed by atoms with van der Waals surface area (Å²) in [7, 11) is 0. The molecule has 16 heavy (non-hydrogen) atoms. The highest BCUT2D eigenvalue weighted by Gasteiger charge is 2.06. The van der Waals surface area contributed by atoms with Crippen molar-refractivity contribution >= 4 is 0 Å². The third-order valence-corrected chi connectivity index (χ3v) is 1.59. The van der Waals surface area contributed by atoms with E-state index in [1.165, 1.54) is 18.2 Å². The van der Waals surface area contributed by atoms with Crippen LogP contribution in [0.2, 0.25) is 0 Å². The molecule has 0 rings (SSSR count). The summed E-state index contributed by atoms with van der Waals surface area (Å²) in [5.41, 5.74) is 0. The van der Waals surface area contributed by atoms with Gasteiger partial charge < -0.3 is 15.3 Å². The van der Waals surface area contributed by atoms with Crippen LogP contribution in [0.4, 0.5) is 0 Å². The Morgan fingerprint density at radius 3 is 2.44 bits per heavy atom. The minimum Gasteiger partial charge on any atom is -0.392 e. The maximum atomic E-state index is 9.25.